The van der Waals surface area contributed by atoms with Gasteiger partial charge in [0.2, 0.25) is 0 Å². The zero-order valence-corrected chi connectivity index (χ0v) is 13.9. The molecule has 1 amide bonds. The number of hydrogen-bond donors (Lipinski definition) is 1. The fourth-order valence-electron chi connectivity index (χ4n) is 2.46. The lowest BCUT2D eigenvalue weighted by Gasteiger charge is -2.37. The van der Waals surface area contributed by atoms with E-state index >= 15 is 0 Å². The van der Waals surface area contributed by atoms with E-state index in [1.165, 1.54) is 7.11 Å². The van der Waals surface area contributed by atoms with Crippen LogP contribution in [-0.4, -0.2) is 49.3 Å². The molecule has 1 aromatic rings. The van der Waals surface area contributed by atoms with Crippen molar-refractivity contribution in [1.82, 2.24) is 4.90 Å². The molecule has 1 aliphatic carbocycles. The van der Waals surface area contributed by atoms with Crippen LogP contribution in [0.1, 0.15) is 29.6 Å². The van der Waals surface area contributed by atoms with Crippen molar-refractivity contribution in [3.63, 3.8) is 0 Å². The number of methoxy groups -OCH3 is 2. The second kappa shape index (κ2) is 7.13. The summed E-state index contributed by atoms with van der Waals surface area (Å²) in [4.78, 5) is 14.6. The molecule has 5 nitrogen and oxygen atoms in total. The number of nitrogens with zero attached hydrogens (tertiary/aromatic N) is 1. The van der Waals surface area contributed by atoms with E-state index in [-0.39, 0.29) is 18.6 Å². The van der Waals surface area contributed by atoms with Crippen LogP contribution in [0, 0.1) is 0 Å². The highest BCUT2D eigenvalue weighted by molar-refractivity contribution is 9.10. The molecule has 0 bridgehead atoms. The lowest BCUT2D eigenvalue weighted by molar-refractivity contribution is 0.0522. The molecule has 116 valence electrons. The van der Waals surface area contributed by atoms with E-state index in [1.807, 2.05) is 0 Å². The second-order valence-electron chi connectivity index (χ2n) is 5.00. The van der Waals surface area contributed by atoms with Crippen molar-refractivity contribution in [2.45, 2.75) is 25.3 Å². The summed E-state index contributed by atoms with van der Waals surface area (Å²) in [6.07, 6.45) is 3.09. The van der Waals surface area contributed by atoms with E-state index in [4.69, 9.17) is 9.47 Å². The fraction of sp³-hybridized carbons (Fsp3) is 0.533. The standard InChI is InChI=1S/C15H20BrNO4/c1-20-11-8-12(14(21-2)13(16)9-11)15(19)17(6-7-18)10-4-3-5-10/h8-10,18H,3-7H2,1-2H3. The minimum Gasteiger partial charge on any atom is -0.497 e. The normalized spacial score (nSPS) is 14.5. The van der Waals surface area contributed by atoms with Gasteiger partial charge in [0.1, 0.15) is 11.5 Å². The lowest BCUT2D eigenvalue weighted by atomic mass is 9.91. The molecule has 2 rings (SSSR count). The van der Waals surface area contributed by atoms with Crippen LogP contribution in [0.25, 0.3) is 0 Å². The first-order chi connectivity index (χ1) is 10.1. The van der Waals surface area contributed by atoms with Crippen molar-refractivity contribution >= 4 is 21.8 Å². The summed E-state index contributed by atoms with van der Waals surface area (Å²) in [7, 11) is 3.09. The maximum Gasteiger partial charge on any atom is 0.258 e. The van der Waals surface area contributed by atoms with Crippen LogP contribution in [0.5, 0.6) is 11.5 Å². The highest BCUT2D eigenvalue weighted by atomic mass is 79.9. The largest absolute Gasteiger partial charge is 0.497 e. The van der Waals surface area contributed by atoms with Crippen LogP contribution in [0.4, 0.5) is 0 Å². The highest BCUT2D eigenvalue weighted by Crippen LogP contribution is 2.35. The quantitative estimate of drug-likeness (QED) is 0.849. The summed E-state index contributed by atoms with van der Waals surface area (Å²) in [5, 5.41) is 9.22. The van der Waals surface area contributed by atoms with Gasteiger partial charge in [-0.25, -0.2) is 0 Å². The van der Waals surface area contributed by atoms with E-state index < -0.39 is 0 Å². The number of aliphatic hydroxyl groups excluding tert-OH is 1. The smallest absolute Gasteiger partial charge is 0.258 e. The summed E-state index contributed by atoms with van der Waals surface area (Å²) in [5.74, 6) is 0.942. The molecule has 0 aromatic heterocycles. The van der Waals surface area contributed by atoms with Crippen LogP contribution < -0.4 is 9.47 Å². The third-order valence-corrected chi connectivity index (χ3v) is 4.39. The van der Waals surface area contributed by atoms with Crippen molar-refractivity contribution in [2.24, 2.45) is 0 Å². The molecule has 0 aliphatic heterocycles. The Bertz CT molecular complexity index is 517. The Morgan fingerprint density at radius 1 is 1.38 bits per heavy atom. The molecule has 6 heteroatoms. The van der Waals surface area contributed by atoms with Gasteiger partial charge in [-0.1, -0.05) is 0 Å². The summed E-state index contributed by atoms with van der Waals surface area (Å²) < 4.78 is 11.2. The predicted molar refractivity (Wildman–Crippen MR) is 83.0 cm³/mol. The number of hydrogen-bond acceptors (Lipinski definition) is 4. The maximum atomic E-state index is 12.8. The minimum atomic E-state index is -0.134. The molecule has 1 N–H and O–H groups in total. The van der Waals surface area contributed by atoms with E-state index in [2.05, 4.69) is 15.9 Å². The van der Waals surface area contributed by atoms with Gasteiger partial charge in [0.05, 0.1) is 30.9 Å². The van der Waals surface area contributed by atoms with Crippen LogP contribution >= 0.6 is 15.9 Å². The van der Waals surface area contributed by atoms with Gasteiger partial charge in [0, 0.05) is 12.6 Å². The molecule has 0 atom stereocenters. The Balaban J connectivity index is 2.37. The number of amides is 1. The number of carbonyl (C=O) groups is 1. The summed E-state index contributed by atoms with van der Waals surface area (Å²) in [6.45, 7) is 0.289. The van der Waals surface area contributed by atoms with Gasteiger partial charge in [-0.05, 0) is 47.3 Å². The molecule has 0 spiro atoms. The van der Waals surface area contributed by atoms with Crippen LogP contribution in [-0.2, 0) is 0 Å². The van der Waals surface area contributed by atoms with Crippen LogP contribution in [0.15, 0.2) is 16.6 Å². The molecular formula is C15H20BrNO4. The number of benzene rings is 1. The summed E-state index contributed by atoms with van der Waals surface area (Å²) in [5.41, 5.74) is 0.448. The zero-order chi connectivity index (χ0) is 15.4. The van der Waals surface area contributed by atoms with Gasteiger partial charge in [0.25, 0.3) is 5.91 Å². The number of halogens is 1. The summed E-state index contributed by atoms with van der Waals surface area (Å²) in [6, 6.07) is 3.64. The Labute approximate surface area is 133 Å². The molecule has 1 fully saturated rings. The predicted octanol–water partition coefficient (Wildman–Crippen LogP) is 2.45. The van der Waals surface area contributed by atoms with Gasteiger partial charge in [-0.15, -0.1) is 0 Å². The van der Waals surface area contributed by atoms with Crippen molar-refractivity contribution in [2.75, 3.05) is 27.4 Å². The maximum absolute atomic E-state index is 12.8. The first kappa shape index (κ1) is 16.1. The van der Waals surface area contributed by atoms with Gasteiger partial charge in [0.15, 0.2) is 0 Å². The number of carbonyl (C=O) groups excluding carboxylic acids is 1. The van der Waals surface area contributed by atoms with Gasteiger partial charge in [-0.3, -0.25) is 4.79 Å². The molecule has 1 aromatic carbocycles. The van der Waals surface area contributed by atoms with Crippen molar-refractivity contribution in [3.8, 4) is 11.5 Å². The molecule has 0 heterocycles. The lowest BCUT2D eigenvalue weighted by Crippen LogP contribution is -2.45. The first-order valence-corrected chi connectivity index (χ1v) is 7.75. The first-order valence-electron chi connectivity index (χ1n) is 6.95. The highest BCUT2D eigenvalue weighted by Gasteiger charge is 2.31. The van der Waals surface area contributed by atoms with Crippen LogP contribution in [0.2, 0.25) is 0 Å². The van der Waals surface area contributed by atoms with Gasteiger partial charge >= 0.3 is 0 Å². The number of ether oxygens (including phenoxy) is 2. The third-order valence-electron chi connectivity index (χ3n) is 3.80. The average molecular weight is 358 g/mol. The van der Waals surface area contributed by atoms with Crippen molar-refractivity contribution < 1.29 is 19.4 Å². The molecule has 1 saturated carbocycles. The molecule has 1 aliphatic rings. The monoisotopic (exact) mass is 357 g/mol. The van der Waals surface area contributed by atoms with Crippen molar-refractivity contribution in [3.05, 3.63) is 22.2 Å². The molecule has 0 radical (unpaired) electrons. The van der Waals surface area contributed by atoms with Gasteiger partial charge < -0.3 is 19.5 Å². The van der Waals surface area contributed by atoms with E-state index in [1.54, 1.807) is 24.1 Å². The second-order valence-corrected chi connectivity index (χ2v) is 5.85. The van der Waals surface area contributed by atoms with E-state index in [0.29, 0.717) is 28.1 Å². The average Bonchev–Trinajstić information content (AvgIpc) is 2.43. The van der Waals surface area contributed by atoms with Gasteiger partial charge in [-0.2, -0.15) is 0 Å². The minimum absolute atomic E-state index is 0.0459. The number of rotatable bonds is 6. The Hall–Kier alpha value is -1.27. The zero-order valence-electron chi connectivity index (χ0n) is 12.3. The third kappa shape index (κ3) is 3.32. The Kier molecular flexibility index (Phi) is 5.47. The van der Waals surface area contributed by atoms with Crippen LogP contribution in [0.3, 0.4) is 0 Å². The SMILES string of the molecule is COc1cc(Br)c(OC)c(C(=O)N(CCO)C2CCC2)c1. The number of aliphatic hydroxyl groups is 1. The molecule has 0 unspecified atom stereocenters. The molecule has 0 saturated heterocycles. The molecule has 21 heavy (non-hydrogen) atoms. The fourth-order valence-corrected chi connectivity index (χ4v) is 3.06. The van der Waals surface area contributed by atoms with E-state index in [0.717, 1.165) is 19.3 Å². The Morgan fingerprint density at radius 2 is 2.10 bits per heavy atom. The Morgan fingerprint density at radius 3 is 2.57 bits per heavy atom. The van der Waals surface area contributed by atoms with E-state index in [9.17, 15) is 9.90 Å². The summed E-state index contributed by atoms with van der Waals surface area (Å²) >= 11 is 3.40. The molecular weight excluding hydrogens is 338 g/mol. The topological polar surface area (TPSA) is 59.0 Å². The van der Waals surface area contributed by atoms with Crippen molar-refractivity contribution in [1.29, 1.82) is 0 Å².